The van der Waals surface area contributed by atoms with Gasteiger partial charge in [0, 0.05) is 0 Å². The maximum absolute atomic E-state index is 12.3. The van der Waals surface area contributed by atoms with Gasteiger partial charge < -0.3 is 10.2 Å². The number of nitrogens with two attached hydrogens (primary N) is 1. The molecule has 1 aromatic carbocycles. The molecule has 2 N–H and O–H groups in total. The molecule has 0 radical (unpaired) electrons. The molecule has 1 aliphatic rings. The van der Waals surface area contributed by atoms with Crippen molar-refractivity contribution in [2.24, 2.45) is 5.92 Å². The van der Waals surface area contributed by atoms with Crippen LogP contribution in [0.3, 0.4) is 0 Å². The predicted molar refractivity (Wildman–Crippen MR) is 87.2 cm³/mol. The van der Waals surface area contributed by atoms with Crippen LogP contribution in [0.4, 0.5) is 5.88 Å². The van der Waals surface area contributed by atoms with Crippen LogP contribution in [0.25, 0.3) is 11.0 Å². The maximum atomic E-state index is 12.3. The van der Waals surface area contributed by atoms with Crippen molar-refractivity contribution in [2.75, 3.05) is 5.73 Å². The lowest BCUT2D eigenvalue weighted by Gasteiger charge is -2.21. The Hall–Kier alpha value is -2.10. The van der Waals surface area contributed by atoms with E-state index in [1.807, 2.05) is 12.1 Å². The minimum atomic E-state index is -0.340. The second kappa shape index (κ2) is 6.34. The van der Waals surface area contributed by atoms with E-state index in [1.165, 1.54) is 32.1 Å². The van der Waals surface area contributed by atoms with Gasteiger partial charge in [-0.1, -0.05) is 38.2 Å². The van der Waals surface area contributed by atoms with Crippen LogP contribution in [-0.2, 0) is 6.42 Å². The van der Waals surface area contributed by atoms with Crippen LogP contribution in [-0.4, -0.2) is 6.29 Å². The SMILES string of the molecule is Nc1oc2ccc(CCC3CCCCC3)cc2c(=O)c1C=O. The van der Waals surface area contributed by atoms with Crippen molar-refractivity contribution in [2.45, 2.75) is 44.9 Å². The molecule has 1 fully saturated rings. The first-order valence-corrected chi connectivity index (χ1v) is 7.99. The van der Waals surface area contributed by atoms with Gasteiger partial charge in [-0.3, -0.25) is 9.59 Å². The highest BCUT2D eigenvalue weighted by atomic mass is 16.3. The number of hydrogen-bond acceptors (Lipinski definition) is 4. The highest BCUT2D eigenvalue weighted by molar-refractivity contribution is 5.89. The first-order chi connectivity index (χ1) is 10.7. The van der Waals surface area contributed by atoms with Gasteiger partial charge in [0.25, 0.3) is 0 Å². The Kier molecular flexibility index (Phi) is 4.27. The predicted octanol–water partition coefficient (Wildman–Crippen LogP) is 3.70. The van der Waals surface area contributed by atoms with Crippen LogP contribution in [0.15, 0.2) is 27.4 Å². The fourth-order valence-corrected chi connectivity index (χ4v) is 3.39. The molecule has 0 aliphatic heterocycles. The molecule has 4 heteroatoms. The van der Waals surface area contributed by atoms with Gasteiger partial charge >= 0.3 is 0 Å². The van der Waals surface area contributed by atoms with Crippen LogP contribution in [0, 0.1) is 5.92 Å². The molecule has 2 aromatic rings. The van der Waals surface area contributed by atoms with Gasteiger partial charge in [-0.15, -0.1) is 0 Å². The summed E-state index contributed by atoms with van der Waals surface area (Å²) in [6, 6.07) is 5.60. The molecule has 22 heavy (non-hydrogen) atoms. The molecule has 0 saturated heterocycles. The van der Waals surface area contributed by atoms with Gasteiger partial charge in [-0.25, -0.2) is 0 Å². The zero-order valence-electron chi connectivity index (χ0n) is 12.6. The second-order valence-corrected chi connectivity index (χ2v) is 6.20. The third-order valence-electron chi connectivity index (χ3n) is 4.70. The van der Waals surface area contributed by atoms with Crippen LogP contribution < -0.4 is 11.2 Å². The minimum Gasteiger partial charge on any atom is -0.440 e. The van der Waals surface area contributed by atoms with Crippen LogP contribution in [0.2, 0.25) is 0 Å². The number of aldehydes is 1. The number of carbonyl (C=O) groups is 1. The Morgan fingerprint density at radius 2 is 2.00 bits per heavy atom. The molecule has 3 rings (SSSR count). The topological polar surface area (TPSA) is 73.3 Å². The summed E-state index contributed by atoms with van der Waals surface area (Å²) in [6.07, 6.45) is 9.27. The number of aryl methyl sites for hydroxylation is 1. The van der Waals surface area contributed by atoms with E-state index in [4.69, 9.17) is 10.2 Å². The maximum Gasteiger partial charge on any atom is 0.205 e. The lowest BCUT2D eigenvalue weighted by molar-refractivity contribution is 0.112. The Morgan fingerprint density at radius 3 is 2.73 bits per heavy atom. The minimum absolute atomic E-state index is 0.0862. The first-order valence-electron chi connectivity index (χ1n) is 7.99. The summed E-state index contributed by atoms with van der Waals surface area (Å²) >= 11 is 0. The van der Waals surface area contributed by atoms with Crippen molar-refractivity contribution in [3.05, 3.63) is 39.5 Å². The normalized spacial score (nSPS) is 16.0. The molecule has 0 unspecified atom stereocenters. The highest BCUT2D eigenvalue weighted by Crippen LogP contribution is 2.28. The van der Waals surface area contributed by atoms with E-state index in [0.717, 1.165) is 24.3 Å². The Labute approximate surface area is 129 Å². The van der Waals surface area contributed by atoms with Crippen LogP contribution in [0.1, 0.15) is 54.4 Å². The zero-order valence-corrected chi connectivity index (χ0v) is 12.6. The van der Waals surface area contributed by atoms with Gasteiger partial charge in [-0.2, -0.15) is 0 Å². The van der Waals surface area contributed by atoms with E-state index in [1.54, 1.807) is 6.07 Å². The highest BCUT2D eigenvalue weighted by Gasteiger charge is 2.15. The molecule has 1 aromatic heterocycles. The molecule has 1 heterocycles. The van der Waals surface area contributed by atoms with Crippen molar-refractivity contribution in [1.82, 2.24) is 0 Å². The third-order valence-corrected chi connectivity index (χ3v) is 4.70. The molecular formula is C18H21NO3. The van der Waals surface area contributed by atoms with Crippen LogP contribution >= 0.6 is 0 Å². The number of anilines is 1. The fourth-order valence-electron chi connectivity index (χ4n) is 3.39. The third kappa shape index (κ3) is 2.91. The number of carbonyl (C=O) groups excluding carboxylic acids is 1. The zero-order chi connectivity index (χ0) is 15.5. The molecule has 1 saturated carbocycles. The van der Waals surface area contributed by atoms with Crippen molar-refractivity contribution >= 4 is 23.1 Å². The molecule has 0 spiro atoms. The summed E-state index contributed by atoms with van der Waals surface area (Å²) < 4.78 is 5.36. The first kappa shape index (κ1) is 14.8. The van der Waals surface area contributed by atoms with E-state index in [0.29, 0.717) is 17.3 Å². The number of nitrogen functional groups attached to an aromatic ring is 1. The Balaban J connectivity index is 1.85. The largest absolute Gasteiger partial charge is 0.440 e. The van der Waals surface area contributed by atoms with Crippen LogP contribution in [0.5, 0.6) is 0 Å². The van der Waals surface area contributed by atoms with Crippen molar-refractivity contribution in [3.63, 3.8) is 0 Å². The van der Waals surface area contributed by atoms with Gasteiger partial charge in [0.2, 0.25) is 11.3 Å². The smallest absolute Gasteiger partial charge is 0.205 e. The molecule has 0 atom stereocenters. The summed E-state index contributed by atoms with van der Waals surface area (Å²) in [6.45, 7) is 0. The van der Waals surface area contributed by atoms with Crippen molar-refractivity contribution < 1.29 is 9.21 Å². The second-order valence-electron chi connectivity index (χ2n) is 6.20. The Bertz CT molecular complexity index is 742. The molecule has 0 bridgehead atoms. The monoisotopic (exact) mass is 299 g/mol. The van der Waals surface area contributed by atoms with E-state index in [2.05, 4.69) is 0 Å². The van der Waals surface area contributed by atoms with Gasteiger partial charge in [0.1, 0.15) is 11.1 Å². The van der Waals surface area contributed by atoms with E-state index in [9.17, 15) is 9.59 Å². The van der Waals surface area contributed by atoms with Crippen molar-refractivity contribution in [3.8, 4) is 0 Å². The van der Waals surface area contributed by atoms with Gasteiger partial charge in [-0.05, 0) is 36.5 Å². The number of rotatable bonds is 4. The molecule has 116 valence electrons. The van der Waals surface area contributed by atoms with E-state index in [-0.39, 0.29) is 16.9 Å². The van der Waals surface area contributed by atoms with Gasteiger partial charge in [0.05, 0.1) is 5.39 Å². The van der Waals surface area contributed by atoms with Crippen molar-refractivity contribution in [1.29, 1.82) is 0 Å². The van der Waals surface area contributed by atoms with Gasteiger partial charge in [0.15, 0.2) is 6.29 Å². The Morgan fingerprint density at radius 1 is 1.23 bits per heavy atom. The molecule has 1 aliphatic carbocycles. The average molecular weight is 299 g/mol. The fraction of sp³-hybridized carbons (Fsp3) is 0.444. The quantitative estimate of drug-likeness (QED) is 0.874. The lowest BCUT2D eigenvalue weighted by atomic mass is 9.85. The average Bonchev–Trinajstić information content (AvgIpc) is 2.54. The number of fused-ring (bicyclic) bond motifs is 1. The number of hydrogen-bond donors (Lipinski definition) is 1. The summed E-state index contributed by atoms with van der Waals surface area (Å²) in [5, 5.41) is 0.442. The summed E-state index contributed by atoms with van der Waals surface area (Å²) in [5.41, 5.74) is 6.73. The summed E-state index contributed by atoms with van der Waals surface area (Å²) in [4.78, 5) is 23.2. The summed E-state index contributed by atoms with van der Waals surface area (Å²) in [7, 11) is 0. The molecule has 4 nitrogen and oxygen atoms in total. The number of benzene rings is 1. The summed E-state index contributed by atoms with van der Waals surface area (Å²) in [5.74, 6) is 0.695. The molecule has 0 amide bonds. The standard InChI is InChI=1S/C18H21NO3/c19-18-15(11-20)17(21)14-10-13(8-9-16(14)22-18)7-6-12-4-2-1-3-5-12/h8-12H,1-7,19H2. The lowest BCUT2D eigenvalue weighted by Crippen LogP contribution is -2.12. The van der Waals surface area contributed by atoms with E-state index >= 15 is 0 Å². The van der Waals surface area contributed by atoms with E-state index < -0.39 is 0 Å². The molecular weight excluding hydrogens is 278 g/mol.